The number of nitrogens with one attached hydrogen (secondary N) is 1. The van der Waals surface area contributed by atoms with Gasteiger partial charge in [-0.2, -0.15) is 5.26 Å². The maximum absolute atomic E-state index is 11.9. The topological polar surface area (TPSA) is 106 Å². The predicted octanol–water partition coefficient (Wildman–Crippen LogP) is 2.60. The molecule has 3 rings (SSSR count). The van der Waals surface area contributed by atoms with E-state index in [2.05, 4.69) is 25.6 Å². The number of hydrogen-bond donors (Lipinski definition) is 2. The van der Waals surface area contributed by atoms with Crippen molar-refractivity contribution in [2.45, 2.75) is 0 Å². The van der Waals surface area contributed by atoms with Gasteiger partial charge in [-0.05, 0) is 46.3 Å². The Bertz CT molecular complexity index is 982. The molecule has 0 aromatic heterocycles. The smallest absolute Gasteiger partial charge is 0.275 e. The fourth-order valence-electron chi connectivity index (χ4n) is 2.21. The molecule has 0 atom stereocenters. The third-order valence-corrected chi connectivity index (χ3v) is 5.00. The summed E-state index contributed by atoms with van der Waals surface area (Å²) in [5.74, 6) is -0.412. The summed E-state index contributed by atoms with van der Waals surface area (Å²) in [7, 11) is -3.66. The molecule has 122 valence electrons. The highest BCUT2D eigenvalue weighted by molar-refractivity contribution is 9.10. The van der Waals surface area contributed by atoms with Gasteiger partial charge in [-0.3, -0.25) is 4.90 Å². The van der Waals surface area contributed by atoms with Gasteiger partial charge >= 0.3 is 0 Å². The summed E-state index contributed by atoms with van der Waals surface area (Å²) in [5.41, 5.74) is 1.17. The van der Waals surface area contributed by atoms with E-state index in [-0.39, 0.29) is 23.3 Å². The molecule has 7 nitrogen and oxygen atoms in total. The van der Waals surface area contributed by atoms with Gasteiger partial charge in [0.1, 0.15) is 11.6 Å². The van der Waals surface area contributed by atoms with Crippen LogP contribution in [0.2, 0.25) is 0 Å². The zero-order valence-electron chi connectivity index (χ0n) is 12.1. The first-order valence-corrected chi connectivity index (χ1v) is 9.15. The number of halogens is 1. The van der Waals surface area contributed by atoms with Crippen molar-refractivity contribution >= 4 is 43.3 Å². The lowest BCUT2D eigenvalue weighted by Gasteiger charge is -2.21. The molecular weight excluding hydrogens is 396 g/mol. The monoisotopic (exact) mass is 406 g/mol. The Morgan fingerprint density at radius 3 is 2.71 bits per heavy atom. The summed E-state index contributed by atoms with van der Waals surface area (Å²) in [6, 6.07) is 13.3. The molecule has 1 heterocycles. The lowest BCUT2D eigenvalue weighted by molar-refractivity contribution is 0.477. The standard InChI is InChI=1S/C15H11BrN4O3S/c16-11-3-1-2-4-13(11)20-9-24(22,23)19-15(20)18-12-6-5-10(8-17)7-14(12)21/h1-7,21H,9H2,(H,18,19). The number of rotatable bonds is 2. The summed E-state index contributed by atoms with van der Waals surface area (Å²) in [4.78, 5) is 1.48. The fourth-order valence-corrected chi connectivity index (χ4v) is 3.76. The van der Waals surface area contributed by atoms with E-state index in [0.717, 1.165) is 0 Å². The van der Waals surface area contributed by atoms with Crippen LogP contribution < -0.4 is 10.2 Å². The minimum absolute atomic E-state index is 0.0712. The highest BCUT2D eigenvalue weighted by Crippen LogP contribution is 2.31. The molecule has 0 unspecified atom stereocenters. The van der Waals surface area contributed by atoms with E-state index in [1.807, 2.05) is 12.1 Å². The number of nitriles is 1. The normalized spacial score (nSPS) is 15.7. The summed E-state index contributed by atoms with van der Waals surface area (Å²) in [6.07, 6.45) is 0. The number of sulfonamides is 1. The third kappa shape index (κ3) is 3.20. The zero-order chi connectivity index (χ0) is 17.3. The number of phenolic OH excluding ortho intramolecular Hbond substituents is 1. The molecule has 2 aromatic rings. The van der Waals surface area contributed by atoms with Gasteiger partial charge in [-0.1, -0.05) is 12.1 Å². The van der Waals surface area contributed by atoms with Crippen LogP contribution in [-0.4, -0.2) is 25.4 Å². The van der Waals surface area contributed by atoms with Crippen molar-refractivity contribution in [2.75, 3.05) is 16.1 Å². The third-order valence-electron chi connectivity index (χ3n) is 3.29. The van der Waals surface area contributed by atoms with Gasteiger partial charge in [0, 0.05) is 4.47 Å². The number of aromatic hydroxyl groups is 1. The van der Waals surface area contributed by atoms with Crippen LogP contribution in [0.15, 0.2) is 51.3 Å². The molecule has 2 aromatic carbocycles. The Labute approximate surface area is 147 Å². The Morgan fingerprint density at radius 2 is 2.04 bits per heavy atom. The number of para-hydroxylation sites is 1. The van der Waals surface area contributed by atoms with E-state index in [1.54, 1.807) is 18.2 Å². The second-order valence-electron chi connectivity index (χ2n) is 4.97. The molecule has 0 aliphatic carbocycles. The molecule has 2 N–H and O–H groups in total. The first-order valence-electron chi connectivity index (χ1n) is 6.74. The average Bonchev–Trinajstić information content (AvgIpc) is 2.84. The van der Waals surface area contributed by atoms with Crippen LogP contribution in [0, 0.1) is 11.3 Å². The largest absolute Gasteiger partial charge is 0.506 e. The van der Waals surface area contributed by atoms with Crippen molar-refractivity contribution in [1.29, 1.82) is 5.26 Å². The summed E-state index contributed by atoms with van der Waals surface area (Å²) in [5, 5.41) is 21.6. The van der Waals surface area contributed by atoms with E-state index in [4.69, 9.17) is 5.26 Å². The molecule has 0 radical (unpaired) electrons. The highest BCUT2D eigenvalue weighted by Gasteiger charge is 2.31. The molecular formula is C15H11BrN4O3S. The Balaban J connectivity index is 1.98. The van der Waals surface area contributed by atoms with E-state index in [1.165, 1.54) is 23.1 Å². The molecule has 0 bridgehead atoms. The van der Waals surface area contributed by atoms with Crippen LogP contribution in [0.1, 0.15) is 5.56 Å². The zero-order valence-corrected chi connectivity index (χ0v) is 14.5. The lowest BCUT2D eigenvalue weighted by Crippen LogP contribution is -2.33. The van der Waals surface area contributed by atoms with Gasteiger partial charge < -0.3 is 10.4 Å². The Kier molecular flexibility index (Phi) is 4.17. The highest BCUT2D eigenvalue weighted by atomic mass is 79.9. The second-order valence-corrected chi connectivity index (χ2v) is 7.43. The first kappa shape index (κ1) is 16.3. The van der Waals surface area contributed by atoms with E-state index >= 15 is 0 Å². The van der Waals surface area contributed by atoms with Gasteiger partial charge in [0.2, 0.25) is 5.96 Å². The van der Waals surface area contributed by atoms with Gasteiger partial charge in [-0.25, -0.2) is 8.42 Å². The lowest BCUT2D eigenvalue weighted by atomic mass is 10.2. The summed E-state index contributed by atoms with van der Waals surface area (Å²) < 4.78 is 28.3. The van der Waals surface area contributed by atoms with Crippen LogP contribution in [-0.2, 0) is 10.0 Å². The molecule has 1 aliphatic heterocycles. The van der Waals surface area contributed by atoms with Crippen LogP contribution in [0.25, 0.3) is 0 Å². The average molecular weight is 407 g/mol. The fraction of sp³-hybridized carbons (Fsp3) is 0.0667. The van der Waals surface area contributed by atoms with Gasteiger partial charge in [-0.15, -0.1) is 4.40 Å². The van der Waals surface area contributed by atoms with Crippen molar-refractivity contribution in [2.24, 2.45) is 4.40 Å². The minimum atomic E-state index is -3.66. The maximum atomic E-state index is 11.9. The number of hydrogen-bond acceptors (Lipinski definition) is 6. The molecule has 1 aliphatic rings. The SMILES string of the molecule is N#Cc1ccc(NC2=NS(=O)(=O)CN2c2ccccc2Br)c(O)c1. The first-order chi connectivity index (χ1) is 11.4. The number of nitrogens with zero attached hydrogens (tertiary/aromatic N) is 3. The maximum Gasteiger partial charge on any atom is 0.275 e. The molecule has 0 saturated carbocycles. The van der Waals surface area contributed by atoms with Crippen LogP contribution in [0.5, 0.6) is 5.75 Å². The summed E-state index contributed by atoms with van der Waals surface area (Å²) in [6.45, 7) is 0. The van der Waals surface area contributed by atoms with Crippen LogP contribution in [0.3, 0.4) is 0 Å². The van der Waals surface area contributed by atoms with Crippen molar-refractivity contribution in [3.05, 3.63) is 52.5 Å². The van der Waals surface area contributed by atoms with Crippen molar-refractivity contribution in [3.8, 4) is 11.8 Å². The van der Waals surface area contributed by atoms with Gasteiger partial charge in [0.15, 0.2) is 0 Å². The van der Waals surface area contributed by atoms with E-state index < -0.39 is 10.0 Å². The Morgan fingerprint density at radius 1 is 1.29 bits per heavy atom. The molecule has 0 spiro atoms. The summed E-state index contributed by atoms with van der Waals surface area (Å²) >= 11 is 3.39. The van der Waals surface area contributed by atoms with E-state index in [0.29, 0.717) is 15.7 Å². The molecule has 0 saturated heterocycles. The Hall–Kier alpha value is -2.57. The van der Waals surface area contributed by atoms with Crippen LogP contribution >= 0.6 is 15.9 Å². The van der Waals surface area contributed by atoms with Gasteiger partial charge in [0.25, 0.3) is 10.0 Å². The van der Waals surface area contributed by atoms with Crippen molar-refractivity contribution < 1.29 is 13.5 Å². The molecule has 24 heavy (non-hydrogen) atoms. The number of benzene rings is 2. The molecule has 9 heteroatoms. The number of phenols is 1. The number of guanidine groups is 1. The van der Waals surface area contributed by atoms with Gasteiger partial charge in [0.05, 0.1) is 23.0 Å². The predicted molar refractivity (Wildman–Crippen MR) is 94.3 cm³/mol. The number of anilines is 2. The van der Waals surface area contributed by atoms with Crippen molar-refractivity contribution in [3.63, 3.8) is 0 Å². The molecule has 0 amide bonds. The quantitative estimate of drug-likeness (QED) is 0.742. The minimum Gasteiger partial charge on any atom is -0.506 e. The molecule has 0 fully saturated rings. The van der Waals surface area contributed by atoms with Crippen LogP contribution in [0.4, 0.5) is 11.4 Å². The second kappa shape index (κ2) is 6.14. The van der Waals surface area contributed by atoms with Crippen molar-refractivity contribution in [1.82, 2.24) is 0 Å². The van der Waals surface area contributed by atoms with E-state index in [9.17, 15) is 13.5 Å².